The molecule has 0 saturated carbocycles. The molecule has 0 fully saturated rings. The minimum atomic E-state index is -0.435. The van der Waals surface area contributed by atoms with Crippen LogP contribution in [0.5, 0.6) is 0 Å². The predicted molar refractivity (Wildman–Crippen MR) is 65.6 cm³/mol. The number of anilines is 1. The molecule has 0 radical (unpaired) electrons. The van der Waals surface area contributed by atoms with Crippen molar-refractivity contribution in [3.8, 4) is 0 Å². The number of nitrogens with zero attached hydrogens (tertiary/aromatic N) is 1. The highest BCUT2D eigenvalue weighted by Crippen LogP contribution is 2.27. The van der Waals surface area contributed by atoms with Crippen molar-refractivity contribution < 1.29 is 9.63 Å². The van der Waals surface area contributed by atoms with Gasteiger partial charge in [0.05, 0.1) is 11.3 Å². The lowest BCUT2D eigenvalue weighted by Gasteiger charge is -2.27. The first-order chi connectivity index (χ1) is 7.35. The van der Waals surface area contributed by atoms with E-state index in [0.717, 1.165) is 5.56 Å². The highest BCUT2D eigenvalue weighted by atomic mass is 35.5. The topological polar surface area (TPSA) is 29.5 Å². The maximum atomic E-state index is 11.0. The SMILES string of the molecule is Cc1c(Cl)cccc1N(C=O)OC(C)(C)C. The number of hydrogen-bond acceptors (Lipinski definition) is 2. The molecule has 0 N–H and O–H groups in total. The van der Waals surface area contributed by atoms with Crippen LogP contribution in [0.4, 0.5) is 5.69 Å². The number of hydrogen-bond donors (Lipinski definition) is 0. The maximum Gasteiger partial charge on any atom is 0.238 e. The molecule has 0 aliphatic rings. The van der Waals surface area contributed by atoms with Gasteiger partial charge < -0.3 is 0 Å². The van der Waals surface area contributed by atoms with E-state index < -0.39 is 5.60 Å². The molecule has 0 heterocycles. The molecule has 3 nitrogen and oxygen atoms in total. The van der Waals surface area contributed by atoms with E-state index in [-0.39, 0.29) is 0 Å². The van der Waals surface area contributed by atoms with E-state index in [2.05, 4.69) is 0 Å². The van der Waals surface area contributed by atoms with Crippen LogP contribution < -0.4 is 5.06 Å². The molecule has 1 aromatic carbocycles. The molecule has 0 aromatic heterocycles. The summed E-state index contributed by atoms with van der Waals surface area (Å²) in [5.41, 5.74) is 1.05. The standard InChI is InChI=1S/C12H16ClNO2/c1-9-10(13)6-5-7-11(9)14(8-15)16-12(2,3)4/h5-8H,1-4H3. The Morgan fingerprint density at radius 1 is 1.38 bits per heavy atom. The molecule has 0 saturated heterocycles. The fourth-order valence-corrected chi connectivity index (χ4v) is 1.43. The average Bonchev–Trinajstić information content (AvgIpc) is 2.18. The summed E-state index contributed by atoms with van der Waals surface area (Å²) in [6.45, 7) is 7.48. The Morgan fingerprint density at radius 3 is 2.50 bits per heavy atom. The van der Waals surface area contributed by atoms with E-state index >= 15 is 0 Å². The summed E-state index contributed by atoms with van der Waals surface area (Å²) in [6, 6.07) is 5.36. The molecule has 16 heavy (non-hydrogen) atoms. The van der Waals surface area contributed by atoms with Crippen molar-refractivity contribution >= 4 is 23.7 Å². The lowest BCUT2D eigenvalue weighted by atomic mass is 10.2. The zero-order valence-corrected chi connectivity index (χ0v) is 10.7. The molecule has 88 valence electrons. The van der Waals surface area contributed by atoms with Crippen LogP contribution in [0.15, 0.2) is 18.2 Å². The smallest absolute Gasteiger partial charge is 0.238 e. The van der Waals surface area contributed by atoms with Gasteiger partial charge in [-0.25, -0.2) is 0 Å². The predicted octanol–water partition coefficient (Wildman–Crippen LogP) is 3.34. The van der Waals surface area contributed by atoms with Gasteiger partial charge in [-0.3, -0.25) is 9.63 Å². The minimum absolute atomic E-state index is 0.435. The van der Waals surface area contributed by atoms with E-state index in [1.54, 1.807) is 18.2 Å². The zero-order valence-electron chi connectivity index (χ0n) is 9.95. The molecule has 0 aliphatic carbocycles. The maximum absolute atomic E-state index is 11.0. The third kappa shape index (κ3) is 3.22. The van der Waals surface area contributed by atoms with Crippen LogP contribution >= 0.6 is 11.6 Å². The third-order valence-corrected chi connectivity index (χ3v) is 2.35. The molecule has 0 bridgehead atoms. The van der Waals surface area contributed by atoms with Crippen LogP contribution in [0.3, 0.4) is 0 Å². The van der Waals surface area contributed by atoms with Crippen LogP contribution in [0, 0.1) is 6.92 Å². The van der Waals surface area contributed by atoms with Crippen molar-refractivity contribution in [3.63, 3.8) is 0 Å². The van der Waals surface area contributed by atoms with Crippen molar-refractivity contribution in [1.82, 2.24) is 0 Å². The first kappa shape index (κ1) is 13.0. The normalized spacial score (nSPS) is 11.3. The van der Waals surface area contributed by atoms with Crippen LogP contribution in [0.1, 0.15) is 26.3 Å². The molecular formula is C12H16ClNO2. The Morgan fingerprint density at radius 2 is 2.00 bits per heavy atom. The summed E-state index contributed by atoms with van der Waals surface area (Å²) in [7, 11) is 0. The Balaban J connectivity index is 3.05. The van der Waals surface area contributed by atoms with Gasteiger partial charge in [-0.2, -0.15) is 5.06 Å². The highest BCUT2D eigenvalue weighted by molar-refractivity contribution is 6.31. The molecule has 1 amide bonds. The van der Waals surface area contributed by atoms with Gasteiger partial charge in [-0.05, 0) is 45.4 Å². The second kappa shape index (κ2) is 4.85. The largest absolute Gasteiger partial charge is 0.276 e. The minimum Gasteiger partial charge on any atom is -0.276 e. The van der Waals surface area contributed by atoms with Gasteiger partial charge >= 0.3 is 0 Å². The Hall–Kier alpha value is -1.06. The molecule has 0 aliphatic heterocycles. The lowest BCUT2D eigenvalue weighted by molar-refractivity contribution is -0.120. The summed E-state index contributed by atoms with van der Waals surface area (Å²) in [4.78, 5) is 16.5. The summed E-state index contributed by atoms with van der Waals surface area (Å²) in [5, 5.41) is 1.82. The van der Waals surface area contributed by atoms with E-state index in [4.69, 9.17) is 16.4 Å². The van der Waals surface area contributed by atoms with E-state index in [1.807, 2.05) is 27.7 Å². The Labute approximate surface area is 101 Å². The molecule has 1 aromatic rings. The lowest BCUT2D eigenvalue weighted by Crippen LogP contribution is -2.33. The van der Waals surface area contributed by atoms with Crippen LogP contribution in [-0.4, -0.2) is 12.0 Å². The molecule has 1 rings (SSSR count). The number of rotatable bonds is 3. The number of halogens is 1. The third-order valence-electron chi connectivity index (χ3n) is 1.94. The summed E-state index contributed by atoms with van der Waals surface area (Å²) in [5.74, 6) is 0. The number of carbonyl (C=O) groups is 1. The fraction of sp³-hybridized carbons (Fsp3) is 0.417. The molecule has 0 spiro atoms. The summed E-state index contributed by atoms with van der Waals surface area (Å²) in [6.07, 6.45) is 0.643. The van der Waals surface area contributed by atoms with Gasteiger partial charge in [-0.1, -0.05) is 17.7 Å². The van der Waals surface area contributed by atoms with Crippen molar-refractivity contribution in [1.29, 1.82) is 0 Å². The van der Waals surface area contributed by atoms with Gasteiger partial charge in [-0.15, -0.1) is 0 Å². The fourth-order valence-electron chi connectivity index (χ4n) is 1.26. The second-order valence-electron chi connectivity index (χ2n) is 4.52. The van der Waals surface area contributed by atoms with Crippen molar-refractivity contribution in [2.75, 3.05) is 5.06 Å². The van der Waals surface area contributed by atoms with E-state index in [9.17, 15) is 4.79 Å². The van der Waals surface area contributed by atoms with Gasteiger partial charge in [0.2, 0.25) is 6.41 Å². The van der Waals surface area contributed by atoms with E-state index in [0.29, 0.717) is 17.1 Å². The number of amides is 1. The molecular weight excluding hydrogens is 226 g/mol. The summed E-state index contributed by atoms with van der Waals surface area (Å²) >= 11 is 5.99. The number of benzene rings is 1. The average molecular weight is 242 g/mol. The first-order valence-electron chi connectivity index (χ1n) is 5.04. The highest BCUT2D eigenvalue weighted by Gasteiger charge is 2.19. The monoisotopic (exact) mass is 241 g/mol. The van der Waals surface area contributed by atoms with Crippen molar-refractivity contribution in [2.24, 2.45) is 0 Å². The van der Waals surface area contributed by atoms with Crippen molar-refractivity contribution in [2.45, 2.75) is 33.3 Å². The van der Waals surface area contributed by atoms with Crippen LogP contribution in [0.2, 0.25) is 5.02 Å². The first-order valence-corrected chi connectivity index (χ1v) is 5.42. The zero-order chi connectivity index (χ0) is 12.3. The Bertz CT molecular complexity index is 385. The second-order valence-corrected chi connectivity index (χ2v) is 4.93. The van der Waals surface area contributed by atoms with Gasteiger partial charge in [0, 0.05) is 5.02 Å². The van der Waals surface area contributed by atoms with Gasteiger partial charge in [0.1, 0.15) is 0 Å². The van der Waals surface area contributed by atoms with Gasteiger partial charge in [0.15, 0.2) is 0 Å². The van der Waals surface area contributed by atoms with Gasteiger partial charge in [0.25, 0.3) is 0 Å². The van der Waals surface area contributed by atoms with Crippen LogP contribution in [-0.2, 0) is 9.63 Å². The Kier molecular flexibility index (Phi) is 3.94. The van der Waals surface area contributed by atoms with Crippen LogP contribution in [0.25, 0.3) is 0 Å². The molecule has 0 unspecified atom stereocenters. The number of carbonyl (C=O) groups excluding carboxylic acids is 1. The molecule has 0 atom stereocenters. The summed E-state index contributed by atoms with van der Waals surface area (Å²) < 4.78 is 0. The van der Waals surface area contributed by atoms with E-state index in [1.165, 1.54) is 5.06 Å². The number of hydroxylamine groups is 1. The molecule has 4 heteroatoms. The van der Waals surface area contributed by atoms with Crippen molar-refractivity contribution in [3.05, 3.63) is 28.8 Å². The quantitative estimate of drug-likeness (QED) is 0.600.